The van der Waals surface area contributed by atoms with Crippen molar-refractivity contribution in [2.24, 2.45) is 0 Å². The van der Waals surface area contributed by atoms with E-state index in [2.05, 4.69) is 5.32 Å². The molecule has 11 nitrogen and oxygen atoms in total. The Morgan fingerprint density at radius 1 is 1.26 bits per heavy atom. The third-order valence-corrected chi connectivity index (χ3v) is 6.89. The molecule has 4 N–H and O–H groups in total. The second-order valence-electron chi connectivity index (χ2n) is 8.50. The van der Waals surface area contributed by atoms with Gasteiger partial charge in [-0.05, 0) is 12.5 Å². The van der Waals surface area contributed by atoms with Crippen LogP contribution in [0.1, 0.15) is 32.8 Å². The van der Waals surface area contributed by atoms with Gasteiger partial charge in [-0.1, -0.05) is 6.07 Å². The van der Waals surface area contributed by atoms with Crippen molar-refractivity contribution in [3.05, 3.63) is 63.1 Å². The number of benzene rings is 1. The van der Waals surface area contributed by atoms with E-state index in [4.69, 9.17) is 4.74 Å². The highest BCUT2D eigenvalue weighted by Gasteiger charge is 2.47. The van der Waals surface area contributed by atoms with Crippen LogP contribution in [0.15, 0.2) is 29.2 Å². The first-order valence-electron chi connectivity index (χ1n) is 10.5. The molecule has 0 aliphatic carbocycles. The van der Waals surface area contributed by atoms with Gasteiger partial charge in [0.1, 0.15) is 17.2 Å². The molecule has 0 saturated carbocycles. The Hall–Kier alpha value is -3.12. The van der Waals surface area contributed by atoms with Gasteiger partial charge in [-0.25, -0.2) is 8.78 Å². The summed E-state index contributed by atoms with van der Waals surface area (Å²) in [4.78, 5) is 58.2. The molecule has 1 atom stereocenters. The molecule has 1 aromatic carbocycles. The number of nitrogens with zero attached hydrogens (tertiary/aromatic N) is 2. The molecule has 1 fully saturated rings. The topological polar surface area (TPSA) is 158 Å². The zero-order valence-corrected chi connectivity index (χ0v) is 19.1. The van der Waals surface area contributed by atoms with Crippen molar-refractivity contribution in [2.75, 3.05) is 32.5 Å². The number of carbonyl (C=O) groups excluding carboxylic acids is 2. The lowest BCUT2D eigenvalue weighted by atomic mass is 9.92. The number of carbonyl (C=O) groups is 2. The zero-order valence-electron chi connectivity index (χ0n) is 18.2. The number of ether oxygens (including phenoxy) is 1. The Labute approximate surface area is 197 Å². The first-order chi connectivity index (χ1) is 16.4. The van der Waals surface area contributed by atoms with Gasteiger partial charge in [0.25, 0.3) is 11.8 Å². The number of halogens is 2. The average molecular weight is 513 g/mol. The third kappa shape index (κ3) is 4.85. The van der Waals surface area contributed by atoms with Gasteiger partial charge >= 0.3 is 7.60 Å². The maximum atomic E-state index is 13.9. The molecule has 14 heteroatoms. The van der Waals surface area contributed by atoms with Crippen LogP contribution in [0.3, 0.4) is 0 Å². The van der Waals surface area contributed by atoms with E-state index in [9.17, 15) is 42.6 Å². The molecule has 2 aromatic rings. The smallest absolute Gasteiger partial charge is 0.327 e. The molecule has 35 heavy (non-hydrogen) atoms. The minimum Gasteiger partial charge on any atom is -0.503 e. The van der Waals surface area contributed by atoms with Crippen LogP contribution in [0.25, 0.3) is 0 Å². The number of nitrogens with one attached hydrogen (secondary N) is 1. The maximum absolute atomic E-state index is 13.9. The summed E-state index contributed by atoms with van der Waals surface area (Å²) in [6, 6.07) is 2.80. The van der Waals surface area contributed by atoms with Crippen LogP contribution in [-0.4, -0.2) is 68.6 Å². The Bertz CT molecular complexity index is 1300. The summed E-state index contributed by atoms with van der Waals surface area (Å²) in [5.74, 6) is -4.46. The third-order valence-electron chi connectivity index (χ3n) is 6.11. The predicted molar refractivity (Wildman–Crippen MR) is 116 cm³/mol. The SMILES string of the molecule is O=C(NCc1ccc(F)cc1F)c1cn2c(c(O)c1=O)C(=O)N(CCP(=O)(O)O)C[C@@]21CCOC1. The molecule has 188 valence electrons. The standard InChI is InChI=1S/C21H22F2N3O8P/c22-13-2-1-12(15(23)7-13)8-24-19(29)14-9-26-16(18(28)17(14)27)20(30)25(4-6-35(31,32)33)10-21(26)3-5-34-11-21/h1-2,7,9,28H,3-6,8,10-11H2,(H,24,29)(H2,31,32,33)/t21-/m1/s1. The maximum Gasteiger partial charge on any atom is 0.327 e. The molecule has 4 rings (SSSR count). The van der Waals surface area contributed by atoms with Gasteiger partial charge in [0.05, 0.1) is 18.3 Å². The normalized spacial score (nSPS) is 19.8. The molecule has 2 aliphatic heterocycles. The van der Waals surface area contributed by atoms with Crippen LogP contribution in [0.2, 0.25) is 0 Å². The van der Waals surface area contributed by atoms with Crippen LogP contribution in [0, 0.1) is 11.6 Å². The molecule has 3 heterocycles. The number of pyridine rings is 1. The fourth-order valence-electron chi connectivity index (χ4n) is 4.27. The number of fused-ring (bicyclic) bond motifs is 2. The first kappa shape index (κ1) is 25.0. The molecule has 0 bridgehead atoms. The van der Waals surface area contributed by atoms with Crippen molar-refractivity contribution in [1.82, 2.24) is 14.8 Å². The van der Waals surface area contributed by atoms with Crippen molar-refractivity contribution in [1.29, 1.82) is 0 Å². The van der Waals surface area contributed by atoms with Gasteiger partial charge in [-0.3, -0.25) is 18.9 Å². The second kappa shape index (κ2) is 9.15. The molecule has 2 aliphatic rings. The lowest BCUT2D eigenvalue weighted by Crippen LogP contribution is -2.56. The minimum atomic E-state index is -4.42. The fraction of sp³-hybridized carbons (Fsp3) is 0.381. The van der Waals surface area contributed by atoms with E-state index in [-0.39, 0.29) is 38.4 Å². The van der Waals surface area contributed by atoms with Crippen molar-refractivity contribution < 1.29 is 42.6 Å². The number of aromatic nitrogens is 1. The van der Waals surface area contributed by atoms with Gasteiger partial charge in [-0.2, -0.15) is 0 Å². The molecule has 2 amide bonds. The first-order valence-corrected chi connectivity index (χ1v) is 12.3. The van der Waals surface area contributed by atoms with Gasteiger partial charge in [0.15, 0.2) is 11.4 Å². The van der Waals surface area contributed by atoms with Crippen LogP contribution in [0.5, 0.6) is 5.75 Å². The summed E-state index contributed by atoms with van der Waals surface area (Å²) < 4.78 is 45.1. The molecule has 0 radical (unpaired) electrons. The summed E-state index contributed by atoms with van der Waals surface area (Å²) in [5.41, 5.74) is -3.08. The van der Waals surface area contributed by atoms with Gasteiger partial charge in [0, 0.05) is 44.1 Å². The number of hydrogen-bond acceptors (Lipinski definition) is 6. The summed E-state index contributed by atoms with van der Waals surface area (Å²) in [5, 5.41) is 13.0. The second-order valence-corrected chi connectivity index (χ2v) is 10.3. The van der Waals surface area contributed by atoms with E-state index in [0.29, 0.717) is 12.5 Å². The van der Waals surface area contributed by atoms with Crippen LogP contribution < -0.4 is 10.7 Å². The molecule has 1 saturated heterocycles. The number of hydrogen-bond donors (Lipinski definition) is 4. The Kier molecular flexibility index (Phi) is 6.54. The Morgan fingerprint density at radius 3 is 2.63 bits per heavy atom. The van der Waals surface area contributed by atoms with Gasteiger partial charge in [0.2, 0.25) is 5.43 Å². The Morgan fingerprint density at radius 2 is 2.00 bits per heavy atom. The monoisotopic (exact) mass is 513 g/mol. The minimum absolute atomic E-state index is 0.0248. The number of amides is 2. The fourth-order valence-corrected chi connectivity index (χ4v) is 4.78. The quantitative estimate of drug-likeness (QED) is 0.407. The van der Waals surface area contributed by atoms with Crippen LogP contribution >= 0.6 is 7.60 Å². The Balaban J connectivity index is 1.69. The van der Waals surface area contributed by atoms with E-state index >= 15 is 0 Å². The summed E-state index contributed by atoms with van der Waals surface area (Å²) in [7, 11) is -4.42. The van der Waals surface area contributed by atoms with E-state index in [1.54, 1.807) is 0 Å². The zero-order chi connectivity index (χ0) is 25.5. The lowest BCUT2D eigenvalue weighted by molar-refractivity contribution is 0.0510. The largest absolute Gasteiger partial charge is 0.503 e. The number of rotatable bonds is 6. The molecule has 0 unspecified atom stereocenters. The van der Waals surface area contributed by atoms with E-state index in [1.807, 2.05) is 0 Å². The highest BCUT2D eigenvalue weighted by atomic mass is 31.2. The molecule has 1 aromatic heterocycles. The van der Waals surface area contributed by atoms with Crippen LogP contribution in [-0.2, 0) is 21.4 Å². The highest BCUT2D eigenvalue weighted by molar-refractivity contribution is 7.51. The molecular formula is C21H22F2N3O8P. The lowest BCUT2D eigenvalue weighted by Gasteiger charge is -2.42. The highest BCUT2D eigenvalue weighted by Crippen LogP contribution is 2.38. The summed E-state index contributed by atoms with van der Waals surface area (Å²) in [6.07, 6.45) is 0.853. The van der Waals surface area contributed by atoms with E-state index < -0.39 is 65.2 Å². The number of aromatic hydroxyl groups is 1. The summed E-state index contributed by atoms with van der Waals surface area (Å²) >= 11 is 0. The van der Waals surface area contributed by atoms with Crippen molar-refractivity contribution in [2.45, 2.75) is 18.5 Å². The van der Waals surface area contributed by atoms with Crippen molar-refractivity contribution in [3.63, 3.8) is 0 Å². The van der Waals surface area contributed by atoms with Crippen molar-refractivity contribution in [3.8, 4) is 5.75 Å². The van der Waals surface area contributed by atoms with Gasteiger partial charge < -0.3 is 34.4 Å². The van der Waals surface area contributed by atoms with E-state index in [0.717, 1.165) is 23.2 Å². The van der Waals surface area contributed by atoms with Crippen molar-refractivity contribution >= 4 is 19.4 Å². The molecule has 1 spiro atoms. The van der Waals surface area contributed by atoms with Gasteiger partial charge in [-0.15, -0.1) is 0 Å². The van der Waals surface area contributed by atoms with Crippen LogP contribution in [0.4, 0.5) is 8.78 Å². The summed E-state index contributed by atoms with van der Waals surface area (Å²) in [6.45, 7) is -0.370. The molecular weight excluding hydrogens is 491 g/mol. The van der Waals surface area contributed by atoms with E-state index in [1.165, 1.54) is 4.57 Å². The average Bonchev–Trinajstić information content (AvgIpc) is 3.25. The predicted octanol–water partition coefficient (Wildman–Crippen LogP) is 0.511.